The highest BCUT2D eigenvalue weighted by Gasteiger charge is 2.47. The number of likely N-dealkylation sites (N-methyl/N-ethyl adjacent to an activating group) is 1. The molecule has 1 aliphatic carbocycles. The second-order valence-electron chi connectivity index (χ2n) is 10.7. The molecule has 184 valence electrons. The summed E-state index contributed by atoms with van der Waals surface area (Å²) >= 11 is 0. The predicted octanol–water partition coefficient (Wildman–Crippen LogP) is 5.67. The van der Waals surface area contributed by atoms with Gasteiger partial charge in [-0.2, -0.15) is 4.58 Å². The van der Waals surface area contributed by atoms with Crippen LogP contribution in [0.5, 0.6) is 0 Å². The zero-order valence-corrected chi connectivity index (χ0v) is 21.8. The third kappa shape index (κ3) is 3.18. The van der Waals surface area contributed by atoms with Crippen molar-refractivity contribution < 1.29 is 19.3 Å². The van der Waals surface area contributed by atoms with Gasteiger partial charge in [0.25, 0.3) is 0 Å². The molecular weight excluding hydrogens is 448 g/mol. The molecule has 0 saturated heterocycles. The van der Waals surface area contributed by atoms with Crippen LogP contribution in [-0.4, -0.2) is 40.0 Å². The van der Waals surface area contributed by atoms with Gasteiger partial charge in [-0.1, -0.05) is 50.2 Å². The van der Waals surface area contributed by atoms with Crippen molar-refractivity contribution in [1.29, 1.82) is 0 Å². The SMILES string of the molecule is CCN1/C(=C\C2=C(O)C(=C\C3=[N+](CC)c4ccccc4C3(C)C)/C(=O)C2=O)C(C)(C)c2ccccc21. The number of carbonyl (C=O) groups is 2. The largest absolute Gasteiger partial charge is 0.506 e. The Morgan fingerprint density at radius 1 is 0.861 bits per heavy atom. The van der Waals surface area contributed by atoms with E-state index in [1.807, 2.05) is 24.3 Å². The lowest BCUT2D eigenvalue weighted by Gasteiger charge is -2.26. The van der Waals surface area contributed by atoms with Gasteiger partial charge in [-0.15, -0.1) is 0 Å². The minimum absolute atomic E-state index is 0.0672. The zero-order valence-electron chi connectivity index (χ0n) is 21.8. The lowest BCUT2D eigenvalue weighted by molar-refractivity contribution is -0.433. The Morgan fingerprint density at radius 2 is 1.50 bits per heavy atom. The van der Waals surface area contributed by atoms with E-state index in [4.69, 9.17) is 0 Å². The number of hydrogen-bond acceptors (Lipinski definition) is 4. The van der Waals surface area contributed by atoms with Crippen molar-refractivity contribution in [2.75, 3.05) is 18.0 Å². The van der Waals surface area contributed by atoms with Crippen LogP contribution in [0, 0.1) is 0 Å². The summed E-state index contributed by atoms with van der Waals surface area (Å²) in [6.45, 7) is 14.0. The van der Waals surface area contributed by atoms with Crippen molar-refractivity contribution in [2.45, 2.75) is 52.4 Å². The molecule has 5 nitrogen and oxygen atoms in total. The van der Waals surface area contributed by atoms with E-state index < -0.39 is 11.6 Å². The van der Waals surface area contributed by atoms with Gasteiger partial charge >= 0.3 is 0 Å². The van der Waals surface area contributed by atoms with Crippen LogP contribution in [-0.2, 0) is 20.4 Å². The van der Waals surface area contributed by atoms with E-state index in [9.17, 15) is 14.7 Å². The number of aliphatic hydroxyl groups is 1. The summed E-state index contributed by atoms with van der Waals surface area (Å²) in [5.41, 5.74) is 5.66. The van der Waals surface area contributed by atoms with Gasteiger partial charge in [0, 0.05) is 41.1 Å². The molecule has 0 aromatic heterocycles. The molecule has 0 unspecified atom stereocenters. The molecule has 0 saturated carbocycles. The average Bonchev–Trinajstić information content (AvgIpc) is 3.31. The maximum atomic E-state index is 13.2. The molecular formula is C31H33N2O3+. The Kier molecular flexibility index (Phi) is 5.43. The van der Waals surface area contributed by atoms with Crippen molar-refractivity contribution in [3.05, 3.63) is 94.4 Å². The fourth-order valence-electron chi connectivity index (χ4n) is 6.03. The number of rotatable bonds is 4. The summed E-state index contributed by atoms with van der Waals surface area (Å²) in [6, 6.07) is 16.3. The van der Waals surface area contributed by atoms with Crippen LogP contribution in [0.1, 0.15) is 52.7 Å². The molecule has 0 bridgehead atoms. The zero-order chi connectivity index (χ0) is 26.0. The van der Waals surface area contributed by atoms with Crippen LogP contribution in [0.3, 0.4) is 0 Å². The average molecular weight is 482 g/mol. The second-order valence-corrected chi connectivity index (χ2v) is 10.7. The second kappa shape index (κ2) is 8.16. The first-order valence-electron chi connectivity index (χ1n) is 12.6. The summed E-state index contributed by atoms with van der Waals surface area (Å²) in [6.07, 6.45) is 3.44. The van der Waals surface area contributed by atoms with E-state index in [1.54, 1.807) is 12.2 Å². The Bertz CT molecular complexity index is 1450. The first-order chi connectivity index (χ1) is 17.1. The molecule has 36 heavy (non-hydrogen) atoms. The molecule has 1 N–H and O–H groups in total. The third-order valence-electron chi connectivity index (χ3n) is 8.00. The van der Waals surface area contributed by atoms with E-state index in [-0.39, 0.29) is 27.7 Å². The number of para-hydroxylation sites is 2. The van der Waals surface area contributed by atoms with Crippen LogP contribution < -0.4 is 4.90 Å². The quantitative estimate of drug-likeness (QED) is 0.347. The molecule has 0 amide bonds. The number of anilines is 1. The molecule has 2 aromatic rings. The molecule has 3 aliphatic rings. The summed E-state index contributed by atoms with van der Waals surface area (Å²) in [7, 11) is 0. The van der Waals surface area contributed by atoms with Crippen molar-refractivity contribution >= 4 is 28.7 Å². The van der Waals surface area contributed by atoms with E-state index >= 15 is 0 Å². The molecule has 0 fully saturated rings. The number of benzene rings is 2. The maximum Gasteiger partial charge on any atom is 0.237 e. The highest BCUT2D eigenvalue weighted by atomic mass is 16.3. The van der Waals surface area contributed by atoms with E-state index in [2.05, 4.69) is 75.3 Å². The van der Waals surface area contributed by atoms with E-state index in [1.165, 1.54) is 0 Å². The highest BCUT2D eigenvalue weighted by molar-refractivity contribution is 6.54. The van der Waals surface area contributed by atoms with E-state index in [0.29, 0.717) is 13.1 Å². The summed E-state index contributed by atoms with van der Waals surface area (Å²) in [4.78, 5) is 28.6. The minimum Gasteiger partial charge on any atom is -0.506 e. The molecule has 0 atom stereocenters. The number of aliphatic hydroxyl groups excluding tert-OH is 1. The molecule has 2 heterocycles. The van der Waals surface area contributed by atoms with Crippen molar-refractivity contribution in [3.8, 4) is 0 Å². The van der Waals surface area contributed by atoms with Gasteiger partial charge in [0.1, 0.15) is 12.3 Å². The van der Waals surface area contributed by atoms with Gasteiger partial charge < -0.3 is 10.0 Å². The topological polar surface area (TPSA) is 60.6 Å². The summed E-state index contributed by atoms with van der Waals surface area (Å²) in [5, 5.41) is 11.3. The number of hydrogen-bond donors (Lipinski definition) is 1. The fraction of sp³-hybridized carbons (Fsp3) is 0.323. The summed E-state index contributed by atoms with van der Waals surface area (Å²) < 4.78 is 2.15. The molecule has 5 rings (SSSR count). The number of nitrogens with zero attached hydrogens (tertiary/aromatic N) is 2. The Balaban J connectivity index is 1.65. The van der Waals surface area contributed by atoms with Crippen LogP contribution >= 0.6 is 0 Å². The molecule has 5 heteroatoms. The molecule has 0 spiro atoms. The molecule has 2 aliphatic heterocycles. The lowest BCUT2D eigenvalue weighted by Crippen LogP contribution is -2.28. The van der Waals surface area contributed by atoms with Gasteiger partial charge in [0.2, 0.25) is 17.3 Å². The standard InChI is InChI=1S/C31H32N2O3/c1-7-32-23-15-11-9-13-21(23)30(3,4)25(32)17-19-27(34)20(29(36)28(19)35)18-26-31(5,6)22-14-10-12-16-24(22)33(26)8-2/h9-18H,7-8H2,1-6H3/p+1. The first kappa shape index (κ1) is 24.0. The van der Waals surface area contributed by atoms with Crippen LogP contribution in [0.15, 0.2) is 83.3 Å². The van der Waals surface area contributed by atoms with Gasteiger partial charge in [0.05, 0.1) is 16.6 Å². The third-order valence-corrected chi connectivity index (χ3v) is 8.00. The number of ketones is 2. The Hall–Kier alpha value is -3.73. The minimum atomic E-state index is -0.661. The maximum absolute atomic E-state index is 13.2. The smallest absolute Gasteiger partial charge is 0.237 e. The lowest BCUT2D eigenvalue weighted by atomic mass is 9.81. The highest BCUT2D eigenvalue weighted by Crippen LogP contribution is 2.48. The Morgan fingerprint density at radius 3 is 2.17 bits per heavy atom. The van der Waals surface area contributed by atoms with Gasteiger partial charge in [-0.3, -0.25) is 9.59 Å². The fourth-order valence-corrected chi connectivity index (χ4v) is 6.03. The predicted molar refractivity (Wildman–Crippen MR) is 143 cm³/mol. The normalized spacial score (nSPS) is 22.3. The van der Waals surface area contributed by atoms with Crippen molar-refractivity contribution in [3.63, 3.8) is 0 Å². The number of allylic oxidation sites excluding steroid dienone is 5. The van der Waals surface area contributed by atoms with Crippen LogP contribution in [0.25, 0.3) is 0 Å². The van der Waals surface area contributed by atoms with Crippen LogP contribution in [0.4, 0.5) is 11.4 Å². The van der Waals surface area contributed by atoms with Gasteiger partial charge in [-0.05, 0) is 45.4 Å². The number of fused-ring (bicyclic) bond motifs is 2. The summed E-state index contributed by atoms with van der Waals surface area (Å²) in [5.74, 6) is -1.56. The van der Waals surface area contributed by atoms with Gasteiger partial charge in [-0.25, -0.2) is 0 Å². The number of Topliss-reactive ketones (excluding diaryl/α,β-unsaturated/α-hetero) is 2. The molecule has 0 radical (unpaired) electrons. The Labute approximate surface area is 212 Å². The van der Waals surface area contributed by atoms with Crippen molar-refractivity contribution in [2.24, 2.45) is 0 Å². The number of carbonyl (C=O) groups excluding carboxylic acids is 2. The van der Waals surface area contributed by atoms with E-state index in [0.717, 1.165) is 33.9 Å². The monoisotopic (exact) mass is 481 g/mol. The first-order valence-corrected chi connectivity index (χ1v) is 12.6. The van der Waals surface area contributed by atoms with Gasteiger partial charge in [0.15, 0.2) is 5.71 Å². The van der Waals surface area contributed by atoms with Crippen molar-refractivity contribution in [1.82, 2.24) is 0 Å². The molecule has 2 aromatic carbocycles. The van der Waals surface area contributed by atoms with Crippen LogP contribution in [0.2, 0.25) is 0 Å².